The van der Waals surface area contributed by atoms with Crippen molar-refractivity contribution in [2.75, 3.05) is 6.61 Å². The van der Waals surface area contributed by atoms with E-state index >= 15 is 0 Å². The van der Waals surface area contributed by atoms with E-state index in [2.05, 4.69) is 10.4 Å². The lowest BCUT2D eigenvalue weighted by atomic mass is 9.85. The molecule has 2 N–H and O–H groups in total. The third-order valence-electron chi connectivity index (χ3n) is 5.45. The quantitative estimate of drug-likeness (QED) is 0.619. The molecule has 3 rings (SSSR count). The summed E-state index contributed by atoms with van der Waals surface area (Å²) in [5.41, 5.74) is 0.661. The van der Waals surface area contributed by atoms with E-state index in [9.17, 15) is 20.0 Å². The number of aliphatic hydroxyl groups is 1. The third kappa shape index (κ3) is 2.71. The maximum atomic E-state index is 12.3. The molecule has 8 heteroatoms. The second kappa shape index (κ2) is 5.92. The van der Waals surface area contributed by atoms with Crippen molar-refractivity contribution in [3.05, 3.63) is 21.5 Å². The highest BCUT2D eigenvalue weighted by atomic mass is 16.6. The second-order valence-corrected chi connectivity index (χ2v) is 6.71. The van der Waals surface area contributed by atoms with E-state index in [1.54, 1.807) is 13.8 Å². The van der Waals surface area contributed by atoms with Crippen LogP contribution in [0.2, 0.25) is 0 Å². The van der Waals surface area contributed by atoms with E-state index in [0.29, 0.717) is 23.2 Å². The molecule has 0 spiro atoms. The van der Waals surface area contributed by atoms with E-state index < -0.39 is 4.92 Å². The molecule has 4 unspecified atom stereocenters. The molecule has 2 fully saturated rings. The first-order valence-corrected chi connectivity index (χ1v) is 8.01. The Hall–Kier alpha value is -1.96. The smallest absolute Gasteiger partial charge is 0.312 e. The van der Waals surface area contributed by atoms with E-state index in [1.807, 2.05) is 0 Å². The van der Waals surface area contributed by atoms with Crippen molar-refractivity contribution in [1.82, 2.24) is 15.1 Å². The number of hydrogen-bond acceptors (Lipinski definition) is 5. The number of nitro groups is 1. The number of amides is 1. The van der Waals surface area contributed by atoms with Crippen molar-refractivity contribution in [2.45, 2.75) is 45.7 Å². The van der Waals surface area contributed by atoms with Gasteiger partial charge >= 0.3 is 5.69 Å². The van der Waals surface area contributed by atoms with Crippen LogP contribution < -0.4 is 5.32 Å². The van der Waals surface area contributed by atoms with Gasteiger partial charge in [0.1, 0.15) is 17.9 Å². The molecule has 0 saturated heterocycles. The average Bonchev–Trinajstić information content (AvgIpc) is 3.13. The molecule has 2 saturated carbocycles. The van der Waals surface area contributed by atoms with Crippen LogP contribution >= 0.6 is 0 Å². The van der Waals surface area contributed by atoms with Crippen LogP contribution in [0.25, 0.3) is 0 Å². The molecule has 2 aliphatic rings. The van der Waals surface area contributed by atoms with Gasteiger partial charge in [-0.3, -0.25) is 19.6 Å². The summed E-state index contributed by atoms with van der Waals surface area (Å²) in [6.45, 7) is 3.22. The summed E-state index contributed by atoms with van der Waals surface area (Å²) >= 11 is 0. The molecule has 8 nitrogen and oxygen atoms in total. The highest BCUT2D eigenvalue weighted by Gasteiger charge is 2.47. The summed E-state index contributed by atoms with van der Waals surface area (Å²) in [6.07, 6.45) is 3.30. The molecule has 23 heavy (non-hydrogen) atoms. The van der Waals surface area contributed by atoms with E-state index in [4.69, 9.17) is 0 Å². The van der Waals surface area contributed by atoms with Gasteiger partial charge in [-0.1, -0.05) is 0 Å². The first-order valence-electron chi connectivity index (χ1n) is 8.01. The fourth-order valence-corrected chi connectivity index (χ4v) is 4.37. The molecule has 0 radical (unpaired) electrons. The number of nitrogens with zero attached hydrogens (tertiary/aromatic N) is 3. The molecule has 1 heterocycles. The Morgan fingerprint density at radius 2 is 2.13 bits per heavy atom. The molecule has 1 amide bonds. The number of aryl methyl sites for hydroxylation is 1. The summed E-state index contributed by atoms with van der Waals surface area (Å²) in [5.74, 6) is 0.870. The van der Waals surface area contributed by atoms with Gasteiger partial charge in [0, 0.05) is 18.6 Å². The number of carbonyl (C=O) groups excluding carboxylic acids is 1. The molecule has 0 aromatic carbocycles. The van der Waals surface area contributed by atoms with Crippen LogP contribution in [-0.4, -0.2) is 38.4 Å². The highest BCUT2D eigenvalue weighted by molar-refractivity contribution is 5.76. The average molecular weight is 322 g/mol. The number of carbonyl (C=O) groups is 1. The highest BCUT2D eigenvalue weighted by Crippen LogP contribution is 2.48. The fourth-order valence-electron chi connectivity index (χ4n) is 4.37. The van der Waals surface area contributed by atoms with Crippen molar-refractivity contribution in [3.63, 3.8) is 0 Å². The Bertz CT molecular complexity index is 642. The standard InChI is InChI=1S/C15H22N4O4/c1-8-15(19(22)23)9(2)18(17-8)6-13(21)16-14-11-4-3-10(5-11)12(14)7-20/h10-12,14,20H,3-7H2,1-2H3,(H,16,21). The van der Waals surface area contributed by atoms with E-state index in [-0.39, 0.29) is 36.7 Å². The van der Waals surface area contributed by atoms with Crippen LogP contribution in [0.15, 0.2) is 0 Å². The van der Waals surface area contributed by atoms with Gasteiger partial charge in [-0.05, 0) is 44.9 Å². The summed E-state index contributed by atoms with van der Waals surface area (Å²) < 4.78 is 1.38. The number of nitrogens with one attached hydrogen (secondary N) is 1. The van der Waals surface area contributed by atoms with Crippen LogP contribution in [0.3, 0.4) is 0 Å². The largest absolute Gasteiger partial charge is 0.396 e. The lowest BCUT2D eigenvalue weighted by Gasteiger charge is -2.30. The summed E-state index contributed by atoms with van der Waals surface area (Å²) in [4.78, 5) is 22.9. The van der Waals surface area contributed by atoms with Crippen LogP contribution in [-0.2, 0) is 11.3 Å². The van der Waals surface area contributed by atoms with Gasteiger partial charge in [-0.25, -0.2) is 0 Å². The van der Waals surface area contributed by atoms with Crippen LogP contribution in [0.1, 0.15) is 30.7 Å². The van der Waals surface area contributed by atoms with Crippen LogP contribution in [0.5, 0.6) is 0 Å². The fraction of sp³-hybridized carbons (Fsp3) is 0.733. The SMILES string of the molecule is Cc1nn(CC(=O)NC2C3CCC(C3)C2CO)c(C)c1[N+](=O)[O-]. The molecule has 4 atom stereocenters. The lowest BCUT2D eigenvalue weighted by molar-refractivity contribution is -0.386. The van der Waals surface area contributed by atoms with E-state index in [1.165, 1.54) is 4.68 Å². The zero-order valence-corrected chi connectivity index (χ0v) is 13.4. The Balaban J connectivity index is 1.68. The van der Waals surface area contributed by atoms with Crippen molar-refractivity contribution < 1.29 is 14.8 Å². The molecule has 1 aromatic heterocycles. The van der Waals surface area contributed by atoms with Gasteiger partial charge in [0.15, 0.2) is 0 Å². The molecular weight excluding hydrogens is 300 g/mol. The molecule has 1 aromatic rings. The zero-order valence-electron chi connectivity index (χ0n) is 13.4. The second-order valence-electron chi connectivity index (χ2n) is 6.71. The zero-order chi connectivity index (χ0) is 16.7. The molecule has 2 bridgehead atoms. The van der Waals surface area contributed by atoms with Crippen LogP contribution in [0, 0.1) is 41.7 Å². The van der Waals surface area contributed by atoms with Crippen molar-refractivity contribution in [1.29, 1.82) is 0 Å². The first-order chi connectivity index (χ1) is 10.9. The van der Waals surface area contributed by atoms with Crippen molar-refractivity contribution in [3.8, 4) is 0 Å². The summed E-state index contributed by atoms with van der Waals surface area (Å²) in [7, 11) is 0. The van der Waals surface area contributed by atoms with Gasteiger partial charge in [0.25, 0.3) is 0 Å². The Morgan fingerprint density at radius 3 is 2.74 bits per heavy atom. The van der Waals surface area contributed by atoms with Crippen molar-refractivity contribution >= 4 is 11.6 Å². The maximum Gasteiger partial charge on any atom is 0.312 e. The minimum Gasteiger partial charge on any atom is -0.396 e. The summed E-state index contributed by atoms with van der Waals surface area (Å²) in [5, 5.41) is 27.7. The van der Waals surface area contributed by atoms with Gasteiger partial charge in [-0.15, -0.1) is 0 Å². The van der Waals surface area contributed by atoms with Gasteiger partial charge < -0.3 is 10.4 Å². The third-order valence-corrected chi connectivity index (χ3v) is 5.45. The number of aromatic nitrogens is 2. The van der Waals surface area contributed by atoms with Crippen molar-refractivity contribution in [2.24, 2.45) is 17.8 Å². The lowest BCUT2D eigenvalue weighted by Crippen LogP contribution is -2.46. The van der Waals surface area contributed by atoms with Gasteiger partial charge in [-0.2, -0.15) is 5.10 Å². The topological polar surface area (TPSA) is 110 Å². The number of rotatable bonds is 5. The predicted molar refractivity (Wildman–Crippen MR) is 81.7 cm³/mol. The number of hydrogen-bond donors (Lipinski definition) is 2. The minimum absolute atomic E-state index is 0.0122. The number of fused-ring (bicyclic) bond motifs is 2. The molecule has 2 aliphatic carbocycles. The van der Waals surface area contributed by atoms with Gasteiger partial charge in [0.05, 0.1) is 4.92 Å². The maximum absolute atomic E-state index is 12.3. The molecule has 0 aliphatic heterocycles. The first kappa shape index (κ1) is 15.9. The molecular formula is C15H22N4O4. The molecule has 126 valence electrons. The van der Waals surface area contributed by atoms with Gasteiger partial charge in [0.2, 0.25) is 5.91 Å². The van der Waals surface area contributed by atoms with Crippen LogP contribution in [0.4, 0.5) is 5.69 Å². The Labute approximate surface area is 134 Å². The monoisotopic (exact) mass is 322 g/mol. The Morgan fingerprint density at radius 1 is 1.43 bits per heavy atom. The summed E-state index contributed by atoms with van der Waals surface area (Å²) in [6, 6.07) is 0.0122. The van der Waals surface area contributed by atoms with E-state index in [0.717, 1.165) is 19.3 Å². The normalized spacial score (nSPS) is 29.0. The predicted octanol–water partition coefficient (Wildman–Crippen LogP) is 0.931. The number of aliphatic hydroxyl groups excluding tert-OH is 1. The Kier molecular flexibility index (Phi) is 4.09. The minimum atomic E-state index is -0.468.